The molecular formula is C10H13ClFNO. The topological polar surface area (TPSA) is 32.3 Å². The second-order valence-corrected chi connectivity index (χ2v) is 4.20. The van der Waals surface area contributed by atoms with Gasteiger partial charge in [0.05, 0.1) is 17.2 Å². The number of nitrogens with one attached hydrogen (secondary N) is 1. The van der Waals surface area contributed by atoms with Crippen molar-refractivity contribution in [1.82, 2.24) is 0 Å². The first kappa shape index (κ1) is 11.3. The van der Waals surface area contributed by atoms with Crippen molar-refractivity contribution in [3.05, 3.63) is 29.0 Å². The molecule has 0 heterocycles. The molecule has 0 amide bonds. The van der Waals surface area contributed by atoms with Crippen LogP contribution in [0.5, 0.6) is 0 Å². The third kappa shape index (κ3) is 2.86. The maximum Gasteiger partial charge on any atom is 0.141 e. The quantitative estimate of drug-likeness (QED) is 0.816. The number of halogens is 2. The average molecular weight is 218 g/mol. The summed E-state index contributed by atoms with van der Waals surface area (Å²) in [6.07, 6.45) is 0. The van der Waals surface area contributed by atoms with Gasteiger partial charge in [0.2, 0.25) is 0 Å². The zero-order chi connectivity index (χ0) is 10.8. The van der Waals surface area contributed by atoms with Crippen molar-refractivity contribution >= 4 is 17.3 Å². The van der Waals surface area contributed by atoms with Gasteiger partial charge < -0.3 is 10.4 Å². The van der Waals surface area contributed by atoms with E-state index >= 15 is 0 Å². The Bertz CT molecular complexity index is 328. The summed E-state index contributed by atoms with van der Waals surface area (Å²) in [4.78, 5) is 0. The number of aliphatic hydroxyl groups excluding tert-OH is 1. The van der Waals surface area contributed by atoms with Gasteiger partial charge in [0.1, 0.15) is 5.82 Å². The van der Waals surface area contributed by atoms with Crippen LogP contribution in [0.3, 0.4) is 0 Å². The Labute approximate surface area is 87.7 Å². The highest BCUT2D eigenvalue weighted by molar-refractivity contribution is 6.31. The van der Waals surface area contributed by atoms with Crippen molar-refractivity contribution in [2.45, 2.75) is 19.4 Å². The van der Waals surface area contributed by atoms with Crippen LogP contribution in [0.2, 0.25) is 5.02 Å². The van der Waals surface area contributed by atoms with Crippen molar-refractivity contribution in [2.75, 3.05) is 11.9 Å². The second kappa shape index (κ2) is 4.15. The predicted molar refractivity (Wildman–Crippen MR) is 56.2 cm³/mol. The van der Waals surface area contributed by atoms with Crippen molar-refractivity contribution in [1.29, 1.82) is 0 Å². The fourth-order valence-corrected chi connectivity index (χ4v) is 1.18. The maximum absolute atomic E-state index is 12.8. The summed E-state index contributed by atoms with van der Waals surface area (Å²) in [6.45, 7) is 3.66. The number of aliphatic hydroxyl groups is 1. The molecule has 0 aliphatic rings. The summed E-state index contributed by atoms with van der Waals surface area (Å²) >= 11 is 5.61. The first-order valence-corrected chi connectivity index (χ1v) is 4.66. The second-order valence-electron chi connectivity index (χ2n) is 3.80. The van der Waals surface area contributed by atoms with E-state index in [1.165, 1.54) is 12.1 Å². The predicted octanol–water partition coefficient (Wildman–Crippen LogP) is 2.66. The van der Waals surface area contributed by atoms with Crippen LogP contribution in [0.25, 0.3) is 0 Å². The summed E-state index contributed by atoms with van der Waals surface area (Å²) < 4.78 is 12.8. The number of benzene rings is 1. The molecule has 2 nitrogen and oxygen atoms in total. The molecular weight excluding hydrogens is 205 g/mol. The first-order valence-electron chi connectivity index (χ1n) is 4.29. The van der Waals surface area contributed by atoms with Crippen LogP contribution in [0.1, 0.15) is 13.8 Å². The van der Waals surface area contributed by atoms with Gasteiger partial charge in [-0.25, -0.2) is 4.39 Å². The summed E-state index contributed by atoms with van der Waals surface area (Å²) in [5, 5.41) is 12.1. The fourth-order valence-electron chi connectivity index (χ4n) is 1.00. The van der Waals surface area contributed by atoms with Gasteiger partial charge in [-0.15, -0.1) is 0 Å². The smallest absolute Gasteiger partial charge is 0.141 e. The number of rotatable bonds is 3. The van der Waals surface area contributed by atoms with Gasteiger partial charge in [0.25, 0.3) is 0 Å². The zero-order valence-corrected chi connectivity index (χ0v) is 8.90. The molecule has 0 fully saturated rings. The molecule has 0 unspecified atom stereocenters. The zero-order valence-electron chi connectivity index (χ0n) is 8.14. The molecule has 14 heavy (non-hydrogen) atoms. The molecule has 0 atom stereocenters. The molecule has 2 N–H and O–H groups in total. The monoisotopic (exact) mass is 217 g/mol. The van der Waals surface area contributed by atoms with E-state index in [1.807, 2.05) is 13.8 Å². The minimum atomic E-state index is -0.445. The fraction of sp³-hybridized carbons (Fsp3) is 0.400. The maximum atomic E-state index is 12.8. The standard InChI is InChI=1S/C10H13ClFNO/c1-10(2,6-14)13-7-3-4-9(12)8(11)5-7/h3-5,13-14H,6H2,1-2H3. The third-order valence-electron chi connectivity index (χ3n) is 1.80. The van der Waals surface area contributed by atoms with Crippen molar-refractivity contribution in [3.63, 3.8) is 0 Å². The lowest BCUT2D eigenvalue weighted by molar-refractivity contribution is 0.234. The minimum absolute atomic E-state index is 0.0119. The molecule has 78 valence electrons. The highest BCUT2D eigenvalue weighted by Gasteiger charge is 2.15. The lowest BCUT2D eigenvalue weighted by atomic mass is 10.1. The number of hydrogen-bond acceptors (Lipinski definition) is 2. The molecule has 0 aliphatic heterocycles. The summed E-state index contributed by atoms with van der Waals surface area (Å²) in [5.41, 5.74) is 0.247. The Morgan fingerprint density at radius 1 is 1.50 bits per heavy atom. The lowest BCUT2D eigenvalue weighted by Crippen LogP contribution is -2.34. The number of hydrogen-bond donors (Lipinski definition) is 2. The molecule has 0 spiro atoms. The van der Waals surface area contributed by atoms with Crippen LogP contribution in [-0.2, 0) is 0 Å². The van der Waals surface area contributed by atoms with Gasteiger partial charge in [-0.1, -0.05) is 11.6 Å². The summed E-state index contributed by atoms with van der Waals surface area (Å²) in [5.74, 6) is -0.445. The molecule has 4 heteroatoms. The molecule has 1 aromatic carbocycles. The third-order valence-corrected chi connectivity index (χ3v) is 2.09. The van der Waals surface area contributed by atoms with Crippen LogP contribution in [-0.4, -0.2) is 17.3 Å². The van der Waals surface area contributed by atoms with Gasteiger partial charge in [0.15, 0.2) is 0 Å². The van der Waals surface area contributed by atoms with E-state index < -0.39 is 11.4 Å². The summed E-state index contributed by atoms with van der Waals surface area (Å²) in [7, 11) is 0. The van der Waals surface area contributed by atoms with Gasteiger partial charge in [-0.2, -0.15) is 0 Å². The van der Waals surface area contributed by atoms with E-state index in [2.05, 4.69) is 5.32 Å². The Hall–Kier alpha value is -0.800. The minimum Gasteiger partial charge on any atom is -0.394 e. The van der Waals surface area contributed by atoms with E-state index in [0.29, 0.717) is 5.69 Å². The molecule has 0 radical (unpaired) electrons. The first-order chi connectivity index (χ1) is 6.44. The Kier molecular flexibility index (Phi) is 3.34. The van der Waals surface area contributed by atoms with Crippen LogP contribution in [0.15, 0.2) is 18.2 Å². The van der Waals surface area contributed by atoms with Crippen molar-refractivity contribution in [3.8, 4) is 0 Å². The average Bonchev–Trinajstić information content (AvgIpc) is 2.11. The Morgan fingerprint density at radius 2 is 2.14 bits per heavy atom. The van der Waals surface area contributed by atoms with E-state index in [9.17, 15) is 4.39 Å². The molecule has 0 aromatic heterocycles. The van der Waals surface area contributed by atoms with Crippen LogP contribution < -0.4 is 5.32 Å². The van der Waals surface area contributed by atoms with Gasteiger partial charge >= 0.3 is 0 Å². The van der Waals surface area contributed by atoms with E-state index in [0.717, 1.165) is 0 Å². The lowest BCUT2D eigenvalue weighted by Gasteiger charge is -2.24. The largest absolute Gasteiger partial charge is 0.394 e. The van der Waals surface area contributed by atoms with Crippen molar-refractivity contribution < 1.29 is 9.50 Å². The van der Waals surface area contributed by atoms with Crippen LogP contribution in [0.4, 0.5) is 10.1 Å². The normalized spacial score (nSPS) is 11.5. The molecule has 1 rings (SSSR count). The highest BCUT2D eigenvalue weighted by Crippen LogP contribution is 2.21. The van der Waals surface area contributed by atoms with Gasteiger partial charge in [-0.05, 0) is 32.0 Å². The molecule has 0 aliphatic carbocycles. The van der Waals surface area contributed by atoms with E-state index in [1.54, 1.807) is 6.07 Å². The summed E-state index contributed by atoms with van der Waals surface area (Å²) in [6, 6.07) is 4.37. The number of anilines is 1. The molecule has 0 bridgehead atoms. The van der Waals surface area contributed by atoms with Crippen LogP contribution in [0, 0.1) is 5.82 Å². The Morgan fingerprint density at radius 3 is 2.64 bits per heavy atom. The van der Waals surface area contributed by atoms with Gasteiger partial charge in [-0.3, -0.25) is 0 Å². The molecule has 0 saturated heterocycles. The van der Waals surface area contributed by atoms with E-state index in [4.69, 9.17) is 16.7 Å². The molecule has 0 saturated carbocycles. The van der Waals surface area contributed by atoms with Crippen LogP contribution >= 0.6 is 11.6 Å². The highest BCUT2D eigenvalue weighted by atomic mass is 35.5. The SMILES string of the molecule is CC(C)(CO)Nc1ccc(F)c(Cl)c1. The van der Waals surface area contributed by atoms with E-state index in [-0.39, 0.29) is 11.6 Å². The van der Waals surface area contributed by atoms with Crippen molar-refractivity contribution in [2.24, 2.45) is 0 Å². The molecule has 1 aromatic rings. The van der Waals surface area contributed by atoms with Gasteiger partial charge in [0, 0.05) is 5.69 Å². The Balaban J connectivity index is 2.83.